The quantitative estimate of drug-likeness (QED) is 0.322. The third kappa shape index (κ3) is 2.96. The van der Waals surface area contributed by atoms with Gasteiger partial charge in [0, 0.05) is 5.69 Å². The van der Waals surface area contributed by atoms with E-state index in [1.165, 1.54) is 0 Å². The normalized spacial score (nSPS) is 13.2. The highest BCUT2D eigenvalue weighted by Crippen LogP contribution is 2.20. The summed E-state index contributed by atoms with van der Waals surface area (Å²) in [6, 6.07) is 5.75. The molecule has 0 aliphatic heterocycles. The lowest BCUT2D eigenvalue weighted by molar-refractivity contribution is -0.117. The molecule has 0 saturated heterocycles. The van der Waals surface area contributed by atoms with Crippen molar-refractivity contribution < 1.29 is 10.0 Å². The topological polar surface area (TPSA) is 87.7 Å². The van der Waals surface area contributed by atoms with Crippen LogP contribution in [0.25, 0.3) is 0 Å². The number of rotatable bonds is 3. The summed E-state index contributed by atoms with van der Waals surface area (Å²) in [5, 5.41) is 14.1. The van der Waals surface area contributed by atoms with Crippen LogP contribution in [0.5, 0.6) is 0 Å². The molecule has 1 aromatic carbocycles. The zero-order valence-corrected chi connectivity index (χ0v) is 10.2. The monoisotopic (exact) mass is 235 g/mol. The molecule has 1 amide bonds. The molecule has 1 aromatic rings. The molecule has 1 rings (SSSR count). The molecule has 1 unspecified atom stereocenters. The smallest absolute Gasteiger partial charge is 0.234 e. The van der Waals surface area contributed by atoms with E-state index < -0.39 is 5.92 Å². The summed E-state index contributed by atoms with van der Waals surface area (Å²) in [6.45, 7) is 5.41. The minimum atomic E-state index is -0.668. The lowest BCUT2D eigenvalue weighted by Gasteiger charge is -2.14. The number of nitrogens with two attached hydrogens (primary N) is 1. The summed E-state index contributed by atoms with van der Waals surface area (Å²) in [4.78, 5) is 11.8. The van der Waals surface area contributed by atoms with E-state index in [0.29, 0.717) is 0 Å². The van der Waals surface area contributed by atoms with E-state index in [0.717, 1.165) is 16.8 Å². The van der Waals surface area contributed by atoms with Crippen molar-refractivity contribution in [3.63, 3.8) is 0 Å². The van der Waals surface area contributed by atoms with Gasteiger partial charge in [0.05, 0.1) is 5.92 Å². The fourth-order valence-corrected chi connectivity index (χ4v) is 1.46. The van der Waals surface area contributed by atoms with Gasteiger partial charge in [-0.3, -0.25) is 4.79 Å². The van der Waals surface area contributed by atoms with Crippen LogP contribution in [-0.2, 0) is 4.79 Å². The van der Waals surface area contributed by atoms with E-state index in [-0.39, 0.29) is 11.7 Å². The summed E-state index contributed by atoms with van der Waals surface area (Å²) < 4.78 is 0. The van der Waals surface area contributed by atoms with Crippen LogP contribution in [0, 0.1) is 19.8 Å². The molecule has 0 fully saturated rings. The molecular weight excluding hydrogens is 218 g/mol. The summed E-state index contributed by atoms with van der Waals surface area (Å²) >= 11 is 0. The first kappa shape index (κ1) is 13.0. The molecule has 0 heterocycles. The number of anilines is 1. The highest BCUT2D eigenvalue weighted by atomic mass is 16.4. The molecule has 5 nitrogen and oxygen atoms in total. The van der Waals surface area contributed by atoms with Gasteiger partial charge >= 0.3 is 0 Å². The number of nitrogens with one attached hydrogen (secondary N) is 1. The van der Waals surface area contributed by atoms with E-state index in [4.69, 9.17) is 10.9 Å². The minimum absolute atomic E-state index is 0.103. The molecule has 0 aliphatic carbocycles. The Labute approximate surface area is 100 Å². The molecule has 0 radical (unpaired) electrons. The maximum atomic E-state index is 11.8. The SMILES string of the molecule is Cc1cccc(C)c1NC(=O)C(C)C(N)=NO. The van der Waals surface area contributed by atoms with Crippen molar-refractivity contribution >= 4 is 17.4 Å². The van der Waals surface area contributed by atoms with E-state index in [2.05, 4.69) is 10.5 Å². The number of nitrogens with zero attached hydrogens (tertiary/aromatic N) is 1. The van der Waals surface area contributed by atoms with Gasteiger partial charge < -0.3 is 16.3 Å². The zero-order chi connectivity index (χ0) is 13.0. The van der Waals surface area contributed by atoms with Crippen LogP contribution in [0.1, 0.15) is 18.1 Å². The third-order valence-electron chi connectivity index (χ3n) is 2.68. The lowest BCUT2D eigenvalue weighted by atomic mass is 10.1. The molecule has 92 valence electrons. The van der Waals surface area contributed by atoms with E-state index >= 15 is 0 Å². The van der Waals surface area contributed by atoms with Crippen molar-refractivity contribution in [2.75, 3.05) is 5.32 Å². The Bertz CT molecular complexity index is 435. The molecule has 4 N–H and O–H groups in total. The number of hydrogen-bond acceptors (Lipinski definition) is 3. The van der Waals surface area contributed by atoms with Crippen LogP contribution >= 0.6 is 0 Å². The predicted octanol–water partition coefficient (Wildman–Crippen LogP) is 1.62. The Morgan fingerprint density at radius 3 is 2.41 bits per heavy atom. The van der Waals surface area contributed by atoms with Gasteiger partial charge in [-0.2, -0.15) is 0 Å². The number of carbonyl (C=O) groups excluding carboxylic acids is 1. The number of para-hydroxylation sites is 1. The standard InChI is InChI=1S/C12H17N3O2/c1-7-5-4-6-8(2)10(7)14-12(16)9(3)11(13)15-17/h4-6,9,17H,1-3H3,(H2,13,15)(H,14,16). The number of carbonyl (C=O) groups is 1. The molecule has 0 bridgehead atoms. The molecule has 0 saturated carbocycles. The Hall–Kier alpha value is -2.04. The summed E-state index contributed by atoms with van der Waals surface area (Å²) in [5.74, 6) is -1.06. The Balaban J connectivity index is 2.89. The predicted molar refractivity (Wildman–Crippen MR) is 67.1 cm³/mol. The highest BCUT2D eigenvalue weighted by Gasteiger charge is 2.18. The second kappa shape index (κ2) is 5.34. The average Bonchev–Trinajstić information content (AvgIpc) is 2.31. The molecule has 17 heavy (non-hydrogen) atoms. The van der Waals surface area contributed by atoms with E-state index in [1.807, 2.05) is 32.0 Å². The van der Waals surface area contributed by atoms with Crippen molar-refractivity contribution in [1.82, 2.24) is 0 Å². The van der Waals surface area contributed by atoms with Crippen LogP contribution in [-0.4, -0.2) is 17.0 Å². The van der Waals surface area contributed by atoms with Gasteiger partial charge in [0.15, 0.2) is 5.84 Å². The summed E-state index contributed by atoms with van der Waals surface area (Å²) in [6.07, 6.45) is 0. The fraction of sp³-hybridized carbons (Fsp3) is 0.333. The van der Waals surface area contributed by atoms with Crippen LogP contribution in [0.15, 0.2) is 23.4 Å². The van der Waals surface area contributed by atoms with Gasteiger partial charge in [-0.1, -0.05) is 23.4 Å². The first-order chi connectivity index (χ1) is 7.97. The number of oxime groups is 1. The molecular formula is C12H17N3O2. The van der Waals surface area contributed by atoms with Crippen LogP contribution in [0.4, 0.5) is 5.69 Å². The highest BCUT2D eigenvalue weighted by molar-refractivity contribution is 6.07. The first-order valence-corrected chi connectivity index (χ1v) is 5.32. The van der Waals surface area contributed by atoms with Gasteiger partial charge in [0.1, 0.15) is 0 Å². The molecule has 0 spiro atoms. The second-order valence-corrected chi connectivity index (χ2v) is 4.00. The number of benzene rings is 1. The van der Waals surface area contributed by atoms with Crippen LogP contribution in [0.3, 0.4) is 0 Å². The van der Waals surface area contributed by atoms with Gasteiger partial charge in [-0.15, -0.1) is 0 Å². The zero-order valence-electron chi connectivity index (χ0n) is 10.2. The second-order valence-electron chi connectivity index (χ2n) is 4.00. The number of hydrogen-bond donors (Lipinski definition) is 3. The van der Waals surface area contributed by atoms with Crippen LogP contribution in [0.2, 0.25) is 0 Å². The fourth-order valence-electron chi connectivity index (χ4n) is 1.46. The summed E-state index contributed by atoms with van der Waals surface area (Å²) in [5.41, 5.74) is 8.11. The van der Waals surface area contributed by atoms with Gasteiger partial charge in [0.25, 0.3) is 0 Å². The number of amides is 1. The first-order valence-electron chi connectivity index (χ1n) is 5.32. The van der Waals surface area contributed by atoms with Crippen molar-refractivity contribution in [2.45, 2.75) is 20.8 Å². The van der Waals surface area contributed by atoms with Crippen molar-refractivity contribution in [3.8, 4) is 0 Å². The summed E-state index contributed by atoms with van der Waals surface area (Å²) in [7, 11) is 0. The molecule has 0 aromatic heterocycles. The van der Waals surface area contributed by atoms with E-state index in [1.54, 1.807) is 6.92 Å². The van der Waals surface area contributed by atoms with Crippen molar-refractivity contribution in [3.05, 3.63) is 29.3 Å². The Morgan fingerprint density at radius 2 is 1.94 bits per heavy atom. The van der Waals surface area contributed by atoms with Crippen molar-refractivity contribution in [2.24, 2.45) is 16.8 Å². The minimum Gasteiger partial charge on any atom is -0.409 e. The van der Waals surface area contributed by atoms with Crippen molar-refractivity contribution in [1.29, 1.82) is 0 Å². The molecule has 0 aliphatic rings. The van der Waals surface area contributed by atoms with Gasteiger partial charge in [-0.05, 0) is 31.9 Å². The maximum absolute atomic E-state index is 11.8. The average molecular weight is 235 g/mol. The van der Waals surface area contributed by atoms with Crippen LogP contribution < -0.4 is 11.1 Å². The van der Waals surface area contributed by atoms with E-state index in [9.17, 15) is 4.79 Å². The number of aryl methyl sites for hydroxylation is 2. The Morgan fingerprint density at radius 1 is 1.41 bits per heavy atom. The molecule has 5 heteroatoms. The van der Waals surface area contributed by atoms with Gasteiger partial charge in [-0.25, -0.2) is 0 Å². The maximum Gasteiger partial charge on any atom is 0.234 e. The third-order valence-corrected chi connectivity index (χ3v) is 2.68. The van der Waals surface area contributed by atoms with Gasteiger partial charge in [0.2, 0.25) is 5.91 Å². The Kier molecular flexibility index (Phi) is 4.09. The largest absolute Gasteiger partial charge is 0.409 e. The number of amidine groups is 1. The lowest BCUT2D eigenvalue weighted by Crippen LogP contribution is -2.32. The molecule has 1 atom stereocenters.